The number of alkyl carbamates (subject to hydrolysis) is 2. The summed E-state index contributed by atoms with van der Waals surface area (Å²) < 4.78 is 14.9. The second-order valence-electron chi connectivity index (χ2n) is 8.40. The van der Waals surface area contributed by atoms with Gasteiger partial charge in [0.1, 0.15) is 16.1 Å². The number of nitrogens with zero attached hydrogens (tertiary/aromatic N) is 1. The smallest absolute Gasteiger partial charge is 0.414 e. The molecule has 0 saturated carbocycles. The van der Waals surface area contributed by atoms with Crippen LogP contribution in [0.25, 0.3) is 0 Å². The van der Waals surface area contributed by atoms with Crippen LogP contribution in [0, 0.1) is 0 Å². The van der Waals surface area contributed by atoms with E-state index in [0.29, 0.717) is 9.75 Å². The largest absolute Gasteiger partial charge is 0.465 e. The number of ether oxygens (including phenoxy) is 3. The van der Waals surface area contributed by atoms with Crippen molar-refractivity contribution in [3.8, 4) is 0 Å². The Bertz CT molecular complexity index is 834. The molecule has 0 radical (unpaired) electrons. The molecular weight excluding hydrogens is 440 g/mol. The molecule has 0 fully saturated rings. The van der Waals surface area contributed by atoms with E-state index >= 15 is 0 Å². The molecular formula is C20H30N4O7S. The van der Waals surface area contributed by atoms with Crippen LogP contribution in [0.2, 0.25) is 0 Å². The Hall–Kier alpha value is -3.15. The Morgan fingerprint density at radius 1 is 0.906 bits per heavy atom. The second kappa shape index (κ2) is 11.5. The molecule has 0 aliphatic heterocycles. The highest BCUT2D eigenvalue weighted by molar-refractivity contribution is 7.15. The number of amides is 3. The molecule has 12 heteroatoms. The highest BCUT2D eigenvalue weighted by atomic mass is 32.1. The maximum Gasteiger partial charge on any atom is 0.414 e. The molecule has 0 aliphatic carbocycles. The van der Waals surface area contributed by atoms with Crippen LogP contribution in [0.1, 0.15) is 60.9 Å². The molecule has 178 valence electrons. The zero-order valence-electron chi connectivity index (χ0n) is 19.3. The number of carbonyl (C=O) groups is 4. The van der Waals surface area contributed by atoms with Crippen molar-refractivity contribution >= 4 is 41.4 Å². The molecule has 0 unspecified atom stereocenters. The molecule has 3 amide bonds. The first-order valence-electron chi connectivity index (χ1n) is 9.71. The van der Waals surface area contributed by atoms with Crippen LogP contribution in [0.15, 0.2) is 17.1 Å². The minimum absolute atomic E-state index is 0.0297. The Labute approximate surface area is 190 Å². The highest BCUT2D eigenvalue weighted by Crippen LogP contribution is 2.17. The molecule has 1 rings (SSSR count). The van der Waals surface area contributed by atoms with Gasteiger partial charge in [-0.15, -0.1) is 11.3 Å². The summed E-state index contributed by atoms with van der Waals surface area (Å²) in [7, 11) is 1.26. The summed E-state index contributed by atoms with van der Waals surface area (Å²) in [5, 5.41) is 7.33. The lowest BCUT2D eigenvalue weighted by Crippen LogP contribution is -2.47. The number of methoxy groups -OCH3 is 1. The average Bonchev–Trinajstić information content (AvgIpc) is 3.11. The molecule has 0 aromatic carbocycles. The van der Waals surface area contributed by atoms with Crippen LogP contribution >= 0.6 is 11.3 Å². The molecule has 0 aliphatic rings. The van der Waals surface area contributed by atoms with Gasteiger partial charge in [-0.05, 0) is 53.7 Å². The van der Waals surface area contributed by atoms with Crippen molar-refractivity contribution in [1.82, 2.24) is 16.0 Å². The molecule has 11 nitrogen and oxygen atoms in total. The predicted molar refractivity (Wildman–Crippen MR) is 119 cm³/mol. The predicted octanol–water partition coefficient (Wildman–Crippen LogP) is 2.67. The van der Waals surface area contributed by atoms with Gasteiger partial charge in [-0.3, -0.25) is 20.4 Å². The van der Waals surface area contributed by atoms with Gasteiger partial charge in [-0.1, -0.05) is 0 Å². The minimum atomic E-state index is -0.815. The summed E-state index contributed by atoms with van der Waals surface area (Å²) in [6.45, 7) is 10.3. The zero-order chi connectivity index (χ0) is 24.5. The number of rotatable bonds is 5. The fraction of sp³-hybridized carbons (Fsp3) is 0.550. The third-order valence-corrected chi connectivity index (χ3v) is 4.19. The maximum absolute atomic E-state index is 12.2. The first-order valence-corrected chi connectivity index (χ1v) is 10.5. The Morgan fingerprint density at radius 3 is 1.88 bits per heavy atom. The van der Waals surface area contributed by atoms with Crippen molar-refractivity contribution in [3.63, 3.8) is 0 Å². The molecule has 1 aromatic heterocycles. The van der Waals surface area contributed by atoms with Crippen LogP contribution in [0.4, 0.5) is 9.59 Å². The monoisotopic (exact) mass is 470 g/mol. The number of nitrogens with one attached hydrogen (secondary N) is 3. The standard InChI is InChI=1S/C20H30N4O7S/c1-19(2,3)30-17(27)23-16(24-18(28)31-20(4,5)6)22-11-10-21-14(25)12-8-9-13(32-12)15(26)29-7/h8-9H,10-11H2,1-7H3,(H,21,25)(H2,22,23,24,27,28). The van der Waals surface area contributed by atoms with Crippen molar-refractivity contribution in [2.45, 2.75) is 52.7 Å². The van der Waals surface area contributed by atoms with Gasteiger partial charge >= 0.3 is 18.2 Å². The van der Waals surface area contributed by atoms with E-state index in [-0.39, 0.29) is 19.0 Å². The lowest BCUT2D eigenvalue weighted by Gasteiger charge is -2.22. The van der Waals surface area contributed by atoms with E-state index in [9.17, 15) is 19.2 Å². The van der Waals surface area contributed by atoms with E-state index in [0.717, 1.165) is 11.3 Å². The molecule has 3 N–H and O–H groups in total. The Balaban J connectivity index is 2.72. The summed E-state index contributed by atoms with van der Waals surface area (Å²) in [5.41, 5.74) is -1.50. The van der Waals surface area contributed by atoms with Gasteiger partial charge < -0.3 is 19.5 Å². The van der Waals surface area contributed by atoms with Crippen LogP contribution in [0.5, 0.6) is 0 Å². The number of aliphatic imine (C=N–C) groups is 1. The van der Waals surface area contributed by atoms with Crippen molar-refractivity contribution < 1.29 is 33.4 Å². The minimum Gasteiger partial charge on any atom is -0.465 e. The Kier molecular flexibility index (Phi) is 9.63. The van der Waals surface area contributed by atoms with Crippen LogP contribution in [0.3, 0.4) is 0 Å². The fourth-order valence-electron chi connectivity index (χ4n) is 2.01. The molecule has 1 aromatic rings. The van der Waals surface area contributed by atoms with Crippen molar-refractivity contribution in [2.24, 2.45) is 4.99 Å². The van der Waals surface area contributed by atoms with E-state index in [1.165, 1.54) is 19.2 Å². The van der Waals surface area contributed by atoms with Gasteiger partial charge in [0.05, 0.1) is 18.5 Å². The van der Waals surface area contributed by atoms with Crippen molar-refractivity contribution in [1.29, 1.82) is 0 Å². The quantitative estimate of drug-likeness (QED) is 0.197. The lowest BCUT2D eigenvalue weighted by molar-refractivity contribution is 0.0541. The molecule has 1 heterocycles. The summed E-state index contributed by atoms with van der Waals surface area (Å²) in [5.74, 6) is -1.11. The third-order valence-electron chi connectivity index (χ3n) is 3.12. The number of hydrogen-bond acceptors (Lipinski definition) is 9. The number of hydrogen-bond donors (Lipinski definition) is 3. The van der Waals surface area contributed by atoms with Crippen LogP contribution < -0.4 is 16.0 Å². The summed E-state index contributed by atoms with van der Waals surface area (Å²) in [4.78, 5) is 52.5. The van der Waals surface area contributed by atoms with E-state index < -0.39 is 35.3 Å². The van der Waals surface area contributed by atoms with E-state index in [4.69, 9.17) is 9.47 Å². The lowest BCUT2D eigenvalue weighted by atomic mass is 10.2. The molecule has 0 spiro atoms. The number of esters is 1. The normalized spacial score (nSPS) is 11.1. The van der Waals surface area contributed by atoms with E-state index in [1.807, 2.05) is 0 Å². The molecule has 32 heavy (non-hydrogen) atoms. The van der Waals surface area contributed by atoms with Crippen molar-refractivity contribution in [3.05, 3.63) is 21.9 Å². The molecule has 0 atom stereocenters. The van der Waals surface area contributed by atoms with E-state index in [1.54, 1.807) is 41.5 Å². The average molecular weight is 471 g/mol. The maximum atomic E-state index is 12.2. The first kappa shape index (κ1) is 26.9. The summed E-state index contributed by atoms with van der Waals surface area (Å²) in [6.07, 6.45) is -1.63. The van der Waals surface area contributed by atoms with Crippen LogP contribution in [-0.4, -0.2) is 61.4 Å². The Morgan fingerprint density at radius 2 is 1.41 bits per heavy atom. The van der Waals surface area contributed by atoms with Gasteiger partial charge in [0, 0.05) is 6.54 Å². The topological polar surface area (TPSA) is 144 Å². The van der Waals surface area contributed by atoms with E-state index in [2.05, 4.69) is 25.7 Å². The molecule has 0 bridgehead atoms. The summed E-state index contributed by atoms with van der Waals surface area (Å²) >= 11 is 0.996. The third kappa shape index (κ3) is 10.8. The first-order chi connectivity index (χ1) is 14.7. The van der Waals surface area contributed by atoms with Gasteiger partial charge in [0.15, 0.2) is 0 Å². The number of thiophene rings is 1. The van der Waals surface area contributed by atoms with Crippen molar-refractivity contribution in [2.75, 3.05) is 20.2 Å². The van der Waals surface area contributed by atoms with Gasteiger partial charge in [0.25, 0.3) is 5.91 Å². The fourth-order valence-corrected chi connectivity index (χ4v) is 2.85. The summed E-state index contributed by atoms with van der Waals surface area (Å²) in [6, 6.07) is 3.01. The van der Waals surface area contributed by atoms with Gasteiger partial charge in [-0.2, -0.15) is 0 Å². The molecule has 0 saturated heterocycles. The van der Waals surface area contributed by atoms with Gasteiger partial charge in [0.2, 0.25) is 5.96 Å². The second-order valence-corrected chi connectivity index (χ2v) is 9.48. The van der Waals surface area contributed by atoms with Gasteiger partial charge in [-0.25, -0.2) is 14.4 Å². The zero-order valence-corrected chi connectivity index (χ0v) is 20.1. The SMILES string of the molecule is COC(=O)c1ccc(C(=O)NCCN=C(NC(=O)OC(C)(C)C)NC(=O)OC(C)(C)C)s1. The number of carbonyl (C=O) groups excluding carboxylic acids is 4. The number of guanidine groups is 1. The van der Waals surface area contributed by atoms with Crippen LogP contribution in [-0.2, 0) is 14.2 Å². The highest BCUT2D eigenvalue weighted by Gasteiger charge is 2.21.